The van der Waals surface area contributed by atoms with Gasteiger partial charge < -0.3 is 10.6 Å². The molecule has 0 aromatic rings. The van der Waals surface area contributed by atoms with Crippen molar-refractivity contribution in [1.82, 2.24) is 10.6 Å². The highest BCUT2D eigenvalue weighted by atomic mass is 19.4. The molecular weight excluding hydrogens is 221 g/mol. The average Bonchev–Trinajstić information content (AvgIpc) is 2.13. The SMILES string of the molecule is CCC(C)(C)CNC(=O)CNCC(F)(F)F. The number of hydrogen-bond acceptors (Lipinski definition) is 2. The first kappa shape index (κ1) is 15.2. The summed E-state index contributed by atoms with van der Waals surface area (Å²) in [7, 11) is 0. The molecule has 0 unspecified atom stereocenters. The van der Waals surface area contributed by atoms with Gasteiger partial charge in [0.25, 0.3) is 0 Å². The summed E-state index contributed by atoms with van der Waals surface area (Å²) in [4.78, 5) is 11.2. The molecule has 0 heterocycles. The van der Waals surface area contributed by atoms with Crippen molar-refractivity contribution >= 4 is 5.91 Å². The summed E-state index contributed by atoms with van der Waals surface area (Å²) in [6.45, 7) is 4.98. The van der Waals surface area contributed by atoms with Gasteiger partial charge in [0.1, 0.15) is 0 Å². The molecule has 0 fully saturated rings. The van der Waals surface area contributed by atoms with Crippen LogP contribution in [-0.2, 0) is 4.79 Å². The molecule has 0 aliphatic rings. The molecule has 0 rings (SSSR count). The predicted octanol–water partition coefficient (Wildman–Crippen LogP) is 1.69. The number of alkyl halides is 3. The topological polar surface area (TPSA) is 41.1 Å². The lowest BCUT2D eigenvalue weighted by molar-refractivity contribution is -0.128. The maximum Gasteiger partial charge on any atom is 0.401 e. The Balaban J connectivity index is 3.68. The van der Waals surface area contributed by atoms with E-state index in [1.54, 1.807) is 0 Å². The third-order valence-electron chi connectivity index (χ3n) is 2.33. The summed E-state index contributed by atoms with van der Waals surface area (Å²) < 4.78 is 35.2. The second kappa shape index (κ2) is 6.08. The Bertz CT molecular complexity index is 227. The molecule has 0 radical (unpaired) electrons. The Morgan fingerprint density at radius 3 is 2.19 bits per heavy atom. The fourth-order valence-electron chi connectivity index (χ4n) is 0.843. The van der Waals surface area contributed by atoms with Crippen molar-refractivity contribution in [2.24, 2.45) is 5.41 Å². The molecule has 0 aliphatic heterocycles. The van der Waals surface area contributed by atoms with Crippen LogP contribution in [0.3, 0.4) is 0 Å². The van der Waals surface area contributed by atoms with Crippen LogP contribution in [0.1, 0.15) is 27.2 Å². The van der Waals surface area contributed by atoms with Crippen LogP contribution in [0.4, 0.5) is 13.2 Å². The molecule has 3 nitrogen and oxygen atoms in total. The molecule has 0 bridgehead atoms. The normalized spacial score (nSPS) is 12.6. The lowest BCUT2D eigenvalue weighted by Crippen LogP contribution is -2.41. The van der Waals surface area contributed by atoms with Crippen molar-refractivity contribution in [3.8, 4) is 0 Å². The summed E-state index contributed by atoms with van der Waals surface area (Å²) in [5.74, 6) is -0.411. The maximum absolute atomic E-state index is 11.7. The van der Waals surface area contributed by atoms with E-state index in [1.165, 1.54) is 0 Å². The maximum atomic E-state index is 11.7. The Morgan fingerprint density at radius 2 is 1.75 bits per heavy atom. The van der Waals surface area contributed by atoms with Gasteiger partial charge in [-0.1, -0.05) is 20.8 Å². The fraction of sp³-hybridized carbons (Fsp3) is 0.900. The molecule has 96 valence electrons. The number of hydrogen-bond donors (Lipinski definition) is 2. The van der Waals surface area contributed by atoms with Gasteiger partial charge in [0.05, 0.1) is 13.1 Å². The van der Waals surface area contributed by atoms with Crippen LogP contribution in [0.25, 0.3) is 0 Å². The molecular formula is C10H19F3N2O. The molecule has 0 saturated heterocycles. The van der Waals surface area contributed by atoms with E-state index in [0.29, 0.717) is 6.54 Å². The van der Waals surface area contributed by atoms with E-state index >= 15 is 0 Å². The molecule has 0 spiro atoms. The minimum atomic E-state index is -4.27. The van der Waals surface area contributed by atoms with Crippen LogP contribution in [0.2, 0.25) is 0 Å². The second-order valence-corrected chi connectivity index (χ2v) is 4.51. The lowest BCUT2D eigenvalue weighted by atomic mass is 9.90. The smallest absolute Gasteiger partial charge is 0.354 e. The van der Waals surface area contributed by atoms with E-state index in [4.69, 9.17) is 0 Å². The zero-order valence-electron chi connectivity index (χ0n) is 9.87. The Labute approximate surface area is 93.8 Å². The second-order valence-electron chi connectivity index (χ2n) is 4.51. The number of carbonyl (C=O) groups is 1. The summed E-state index contributed by atoms with van der Waals surface area (Å²) >= 11 is 0. The van der Waals surface area contributed by atoms with Crippen LogP contribution in [-0.4, -0.2) is 31.7 Å². The molecule has 6 heteroatoms. The largest absolute Gasteiger partial charge is 0.401 e. The zero-order valence-corrected chi connectivity index (χ0v) is 9.87. The van der Waals surface area contributed by atoms with Crippen molar-refractivity contribution in [3.63, 3.8) is 0 Å². The van der Waals surface area contributed by atoms with Gasteiger partial charge in [0, 0.05) is 6.54 Å². The quantitative estimate of drug-likeness (QED) is 0.741. The molecule has 0 aromatic carbocycles. The van der Waals surface area contributed by atoms with Crippen molar-refractivity contribution < 1.29 is 18.0 Å². The van der Waals surface area contributed by atoms with Gasteiger partial charge in [-0.2, -0.15) is 13.2 Å². The Kier molecular flexibility index (Phi) is 5.78. The van der Waals surface area contributed by atoms with Gasteiger partial charge in [0.2, 0.25) is 5.91 Å². The number of nitrogens with one attached hydrogen (secondary N) is 2. The van der Waals surface area contributed by atoms with Crippen LogP contribution in [0.5, 0.6) is 0 Å². The van der Waals surface area contributed by atoms with E-state index in [2.05, 4.69) is 5.32 Å². The minimum absolute atomic E-state index is 0.0281. The highest BCUT2D eigenvalue weighted by Gasteiger charge is 2.26. The Hall–Kier alpha value is -0.780. The van der Waals surface area contributed by atoms with Gasteiger partial charge in [-0.25, -0.2) is 0 Å². The molecule has 0 atom stereocenters. The number of carbonyl (C=O) groups excluding carboxylic acids is 1. The number of amides is 1. The first-order valence-corrected chi connectivity index (χ1v) is 5.20. The van der Waals surface area contributed by atoms with Crippen LogP contribution >= 0.6 is 0 Å². The van der Waals surface area contributed by atoms with Crippen molar-refractivity contribution in [2.75, 3.05) is 19.6 Å². The van der Waals surface area contributed by atoms with E-state index in [-0.39, 0.29) is 12.0 Å². The average molecular weight is 240 g/mol. The summed E-state index contributed by atoms with van der Waals surface area (Å²) in [6, 6.07) is 0. The zero-order chi connectivity index (χ0) is 12.8. The van der Waals surface area contributed by atoms with Gasteiger partial charge in [-0.15, -0.1) is 0 Å². The summed E-state index contributed by atoms with van der Waals surface area (Å²) in [5, 5.41) is 4.63. The van der Waals surface area contributed by atoms with E-state index in [9.17, 15) is 18.0 Å². The van der Waals surface area contributed by atoms with Crippen LogP contribution in [0.15, 0.2) is 0 Å². The van der Waals surface area contributed by atoms with Gasteiger partial charge in [0.15, 0.2) is 0 Å². The van der Waals surface area contributed by atoms with Crippen molar-refractivity contribution in [3.05, 3.63) is 0 Å². The van der Waals surface area contributed by atoms with Gasteiger partial charge in [-0.05, 0) is 11.8 Å². The third kappa shape index (κ3) is 8.52. The van der Waals surface area contributed by atoms with Crippen LogP contribution < -0.4 is 10.6 Å². The first-order valence-electron chi connectivity index (χ1n) is 5.20. The highest BCUT2D eigenvalue weighted by Crippen LogP contribution is 2.17. The molecule has 2 N–H and O–H groups in total. The first-order chi connectivity index (χ1) is 7.16. The van der Waals surface area contributed by atoms with E-state index < -0.39 is 18.6 Å². The van der Waals surface area contributed by atoms with Crippen molar-refractivity contribution in [1.29, 1.82) is 0 Å². The number of rotatable bonds is 6. The van der Waals surface area contributed by atoms with Crippen molar-refractivity contribution in [2.45, 2.75) is 33.4 Å². The fourth-order valence-corrected chi connectivity index (χ4v) is 0.843. The molecule has 0 saturated carbocycles. The summed E-state index contributed by atoms with van der Waals surface area (Å²) in [6.07, 6.45) is -3.38. The van der Waals surface area contributed by atoms with Crippen LogP contribution in [0, 0.1) is 5.41 Å². The van der Waals surface area contributed by atoms with E-state index in [0.717, 1.165) is 6.42 Å². The standard InChI is InChI=1S/C10H19F3N2O/c1-4-9(2,3)6-15-8(16)5-14-7-10(11,12)13/h14H,4-7H2,1-3H3,(H,15,16). The molecule has 0 aliphatic carbocycles. The predicted molar refractivity (Wildman–Crippen MR) is 56.0 cm³/mol. The third-order valence-corrected chi connectivity index (χ3v) is 2.33. The molecule has 16 heavy (non-hydrogen) atoms. The van der Waals surface area contributed by atoms with Gasteiger partial charge >= 0.3 is 6.18 Å². The number of halogens is 3. The highest BCUT2D eigenvalue weighted by molar-refractivity contribution is 5.78. The molecule has 1 amide bonds. The van der Waals surface area contributed by atoms with Gasteiger partial charge in [-0.3, -0.25) is 4.79 Å². The lowest BCUT2D eigenvalue weighted by Gasteiger charge is -2.22. The Morgan fingerprint density at radius 1 is 1.19 bits per heavy atom. The summed E-state index contributed by atoms with van der Waals surface area (Å²) in [5.41, 5.74) is -0.0281. The minimum Gasteiger partial charge on any atom is -0.354 e. The molecule has 0 aromatic heterocycles. The van der Waals surface area contributed by atoms with E-state index in [1.807, 2.05) is 26.1 Å². The monoisotopic (exact) mass is 240 g/mol.